The molecule has 2 N–H and O–H groups in total. The van der Waals surface area contributed by atoms with Crippen molar-refractivity contribution in [2.45, 2.75) is 12.5 Å². The summed E-state index contributed by atoms with van der Waals surface area (Å²) in [6.07, 6.45) is -0.443. The number of halogens is 1. The molecular weight excluding hydrogens is 260 g/mol. The minimum absolute atomic E-state index is 0.317. The highest BCUT2D eigenvalue weighted by Gasteiger charge is 2.40. The molecule has 1 aliphatic heterocycles. The average molecular weight is 269 g/mol. The van der Waals surface area contributed by atoms with Crippen molar-refractivity contribution in [1.29, 1.82) is 0 Å². The van der Waals surface area contributed by atoms with Gasteiger partial charge in [-0.15, -0.1) is 0 Å². The fourth-order valence-electron chi connectivity index (χ4n) is 1.70. The van der Waals surface area contributed by atoms with Gasteiger partial charge in [-0.1, -0.05) is 17.7 Å². The first-order valence-electron chi connectivity index (χ1n) is 5.11. The van der Waals surface area contributed by atoms with Gasteiger partial charge in [-0.05, 0) is 18.2 Å². The number of imide groups is 1. The second-order valence-corrected chi connectivity index (χ2v) is 4.19. The SMILES string of the molecule is O=C(O)CC1NC(=O)N(c2cccc(Cl)c2)C1=O. The van der Waals surface area contributed by atoms with E-state index in [0.29, 0.717) is 10.7 Å². The Kier molecular flexibility index (Phi) is 3.20. The van der Waals surface area contributed by atoms with E-state index in [2.05, 4.69) is 5.32 Å². The van der Waals surface area contributed by atoms with Gasteiger partial charge in [-0.2, -0.15) is 0 Å². The van der Waals surface area contributed by atoms with Crippen LogP contribution in [-0.4, -0.2) is 29.1 Å². The van der Waals surface area contributed by atoms with Gasteiger partial charge in [-0.3, -0.25) is 9.59 Å². The zero-order chi connectivity index (χ0) is 13.3. The maximum atomic E-state index is 11.9. The molecule has 0 radical (unpaired) electrons. The highest BCUT2D eigenvalue weighted by Crippen LogP contribution is 2.23. The molecule has 3 amide bonds. The number of carbonyl (C=O) groups is 3. The molecule has 6 nitrogen and oxygen atoms in total. The van der Waals surface area contributed by atoms with Crippen LogP contribution in [0.4, 0.5) is 10.5 Å². The Labute approximate surface area is 107 Å². The first-order chi connectivity index (χ1) is 8.49. The lowest BCUT2D eigenvalue weighted by molar-refractivity contribution is -0.139. The number of carboxylic acids is 1. The molecule has 0 aliphatic carbocycles. The number of hydrogen-bond donors (Lipinski definition) is 2. The van der Waals surface area contributed by atoms with Crippen LogP contribution in [0, 0.1) is 0 Å². The van der Waals surface area contributed by atoms with Crippen molar-refractivity contribution in [1.82, 2.24) is 5.32 Å². The second kappa shape index (κ2) is 4.66. The van der Waals surface area contributed by atoms with Crippen molar-refractivity contribution in [3.05, 3.63) is 29.3 Å². The molecule has 1 saturated heterocycles. The van der Waals surface area contributed by atoms with Gasteiger partial charge in [0.25, 0.3) is 5.91 Å². The summed E-state index contributed by atoms with van der Waals surface area (Å²) in [7, 11) is 0. The third-order valence-corrected chi connectivity index (χ3v) is 2.70. The van der Waals surface area contributed by atoms with E-state index in [9.17, 15) is 14.4 Å². The van der Waals surface area contributed by atoms with E-state index in [1.54, 1.807) is 18.2 Å². The maximum Gasteiger partial charge on any atom is 0.329 e. The third kappa shape index (κ3) is 2.28. The zero-order valence-electron chi connectivity index (χ0n) is 9.09. The molecule has 7 heteroatoms. The number of anilines is 1. The Balaban J connectivity index is 2.27. The summed E-state index contributed by atoms with van der Waals surface area (Å²) < 4.78 is 0. The smallest absolute Gasteiger partial charge is 0.329 e. The summed E-state index contributed by atoms with van der Waals surface area (Å²) in [4.78, 5) is 35.0. The van der Waals surface area contributed by atoms with Crippen LogP contribution in [0.5, 0.6) is 0 Å². The summed E-state index contributed by atoms with van der Waals surface area (Å²) in [6.45, 7) is 0. The van der Waals surface area contributed by atoms with E-state index in [1.807, 2.05) is 0 Å². The first-order valence-corrected chi connectivity index (χ1v) is 5.48. The number of carbonyl (C=O) groups excluding carboxylic acids is 2. The Morgan fingerprint density at radius 3 is 2.78 bits per heavy atom. The average Bonchev–Trinajstić information content (AvgIpc) is 2.53. The minimum Gasteiger partial charge on any atom is -0.481 e. The Bertz CT molecular complexity index is 532. The van der Waals surface area contributed by atoms with Crippen LogP contribution >= 0.6 is 11.6 Å². The normalized spacial score (nSPS) is 18.9. The summed E-state index contributed by atoms with van der Waals surface area (Å²) in [6, 6.07) is 4.54. The van der Waals surface area contributed by atoms with Gasteiger partial charge in [0.2, 0.25) is 0 Å². The molecule has 0 saturated carbocycles. The molecule has 0 aromatic heterocycles. The fraction of sp³-hybridized carbons (Fsp3) is 0.182. The van der Waals surface area contributed by atoms with Crippen molar-refractivity contribution in [3.63, 3.8) is 0 Å². The van der Waals surface area contributed by atoms with Crippen LogP contribution < -0.4 is 10.2 Å². The lowest BCUT2D eigenvalue weighted by atomic mass is 10.2. The van der Waals surface area contributed by atoms with E-state index in [1.165, 1.54) is 6.07 Å². The van der Waals surface area contributed by atoms with E-state index in [0.717, 1.165) is 4.90 Å². The molecule has 1 aliphatic rings. The lowest BCUT2D eigenvalue weighted by Crippen LogP contribution is -2.32. The zero-order valence-corrected chi connectivity index (χ0v) is 9.85. The number of urea groups is 1. The van der Waals surface area contributed by atoms with E-state index in [-0.39, 0.29) is 0 Å². The van der Waals surface area contributed by atoms with Gasteiger partial charge in [0, 0.05) is 5.02 Å². The highest BCUT2D eigenvalue weighted by atomic mass is 35.5. The van der Waals surface area contributed by atoms with Crippen molar-refractivity contribution >= 4 is 35.2 Å². The summed E-state index contributed by atoms with van der Waals surface area (Å²) >= 11 is 5.78. The lowest BCUT2D eigenvalue weighted by Gasteiger charge is -2.12. The van der Waals surface area contributed by atoms with Crippen LogP contribution in [0.15, 0.2) is 24.3 Å². The molecule has 1 aromatic rings. The van der Waals surface area contributed by atoms with E-state index >= 15 is 0 Å². The van der Waals surface area contributed by atoms with Crippen molar-refractivity contribution in [3.8, 4) is 0 Å². The topological polar surface area (TPSA) is 86.7 Å². The number of nitrogens with one attached hydrogen (secondary N) is 1. The van der Waals surface area contributed by atoms with Crippen molar-refractivity contribution < 1.29 is 19.5 Å². The number of nitrogens with zero attached hydrogens (tertiary/aromatic N) is 1. The van der Waals surface area contributed by atoms with Gasteiger partial charge in [0.1, 0.15) is 6.04 Å². The Morgan fingerprint density at radius 1 is 1.44 bits per heavy atom. The quantitative estimate of drug-likeness (QED) is 0.808. The van der Waals surface area contributed by atoms with Crippen LogP contribution in [0.3, 0.4) is 0 Å². The largest absolute Gasteiger partial charge is 0.481 e. The van der Waals surface area contributed by atoms with Crippen LogP contribution in [-0.2, 0) is 9.59 Å². The molecule has 1 fully saturated rings. The minimum atomic E-state index is -1.15. The van der Waals surface area contributed by atoms with Crippen LogP contribution in [0.1, 0.15) is 6.42 Å². The molecule has 1 heterocycles. The summed E-state index contributed by atoms with van der Waals surface area (Å²) in [5.41, 5.74) is 0.317. The number of amides is 3. The van der Waals surface area contributed by atoms with Gasteiger partial charge >= 0.3 is 12.0 Å². The molecule has 0 spiro atoms. The molecule has 0 bridgehead atoms. The molecule has 2 rings (SSSR count). The first kappa shape index (κ1) is 12.4. The molecule has 1 aromatic carbocycles. The number of carboxylic acid groups (broad SMARTS) is 1. The fourth-order valence-corrected chi connectivity index (χ4v) is 1.89. The van der Waals surface area contributed by atoms with E-state index < -0.39 is 30.4 Å². The van der Waals surface area contributed by atoms with Gasteiger partial charge in [0.15, 0.2) is 0 Å². The molecular formula is C11H9ClN2O4. The predicted octanol–water partition coefficient (Wildman–Crippen LogP) is 1.24. The molecule has 1 atom stereocenters. The van der Waals surface area contributed by atoms with E-state index in [4.69, 9.17) is 16.7 Å². The van der Waals surface area contributed by atoms with Crippen LogP contribution in [0.25, 0.3) is 0 Å². The second-order valence-electron chi connectivity index (χ2n) is 3.75. The Morgan fingerprint density at radius 2 is 2.17 bits per heavy atom. The van der Waals surface area contributed by atoms with Crippen molar-refractivity contribution in [2.24, 2.45) is 0 Å². The monoisotopic (exact) mass is 268 g/mol. The Hall–Kier alpha value is -2.08. The number of rotatable bonds is 3. The highest BCUT2D eigenvalue weighted by molar-refractivity contribution is 6.31. The maximum absolute atomic E-state index is 11.9. The number of hydrogen-bond acceptors (Lipinski definition) is 3. The molecule has 94 valence electrons. The standard InChI is InChI=1S/C11H9ClN2O4/c12-6-2-1-3-7(4-6)14-10(17)8(5-9(15)16)13-11(14)18/h1-4,8H,5H2,(H,13,18)(H,15,16). The number of aliphatic carboxylic acids is 1. The van der Waals surface area contributed by atoms with Gasteiger partial charge in [-0.25, -0.2) is 9.69 Å². The van der Waals surface area contributed by atoms with Gasteiger partial charge in [0.05, 0.1) is 12.1 Å². The molecule has 18 heavy (non-hydrogen) atoms. The third-order valence-electron chi connectivity index (χ3n) is 2.46. The number of benzene rings is 1. The summed E-state index contributed by atoms with van der Waals surface area (Å²) in [5, 5.41) is 11.3. The molecule has 1 unspecified atom stereocenters. The van der Waals surface area contributed by atoms with Crippen molar-refractivity contribution in [2.75, 3.05) is 4.90 Å². The summed E-state index contributed by atoms with van der Waals surface area (Å²) in [5.74, 6) is -1.74. The predicted molar refractivity (Wildman–Crippen MR) is 63.5 cm³/mol. The van der Waals surface area contributed by atoms with Crippen LogP contribution in [0.2, 0.25) is 5.02 Å². The van der Waals surface area contributed by atoms with Gasteiger partial charge < -0.3 is 10.4 Å².